The lowest BCUT2D eigenvalue weighted by Crippen LogP contribution is -2.35. The topological polar surface area (TPSA) is 77.8 Å². The van der Waals surface area contributed by atoms with Gasteiger partial charge in [0.1, 0.15) is 0 Å². The summed E-state index contributed by atoms with van der Waals surface area (Å²) in [5.74, 6) is -1.23. The van der Waals surface area contributed by atoms with Gasteiger partial charge >= 0.3 is 5.97 Å². The van der Waals surface area contributed by atoms with E-state index in [1.165, 1.54) is 0 Å². The van der Waals surface area contributed by atoms with Gasteiger partial charge in [-0.1, -0.05) is 0 Å². The molecule has 10 heavy (non-hydrogen) atoms. The first-order chi connectivity index (χ1) is 4.54. The van der Waals surface area contributed by atoms with Gasteiger partial charge in [-0.15, -0.1) is 0 Å². The lowest BCUT2D eigenvalue weighted by molar-refractivity contribution is -0.158. The summed E-state index contributed by atoms with van der Waals surface area (Å²) in [5.41, 5.74) is -1.67. The van der Waals surface area contributed by atoms with E-state index in [-0.39, 0.29) is 12.8 Å². The Balaban J connectivity index is 2.63. The van der Waals surface area contributed by atoms with Crippen molar-refractivity contribution in [1.29, 1.82) is 0 Å². The van der Waals surface area contributed by atoms with Gasteiger partial charge in [0, 0.05) is 6.42 Å². The van der Waals surface area contributed by atoms with Crippen LogP contribution < -0.4 is 0 Å². The van der Waals surface area contributed by atoms with Crippen molar-refractivity contribution in [2.75, 3.05) is 0 Å². The largest absolute Gasteiger partial charge is 0.479 e. The number of aliphatic hydroxyl groups is 2. The minimum atomic E-state index is -1.67. The fourth-order valence-electron chi connectivity index (χ4n) is 1.19. The van der Waals surface area contributed by atoms with Crippen LogP contribution in [0.3, 0.4) is 0 Å². The van der Waals surface area contributed by atoms with Crippen LogP contribution in [0.25, 0.3) is 0 Å². The summed E-state index contributed by atoms with van der Waals surface area (Å²) in [6, 6.07) is 0. The second kappa shape index (κ2) is 2.21. The van der Waals surface area contributed by atoms with Crippen LogP contribution in [0.1, 0.15) is 19.3 Å². The summed E-state index contributed by atoms with van der Waals surface area (Å²) in [4.78, 5) is 10.3. The third-order valence-corrected chi connectivity index (χ3v) is 1.86. The van der Waals surface area contributed by atoms with E-state index in [1.54, 1.807) is 0 Å². The monoisotopic (exact) mass is 146 g/mol. The Bertz CT molecular complexity index is 156. The SMILES string of the molecule is O=C(O)[C@@]1(O)CCC(O)C1. The van der Waals surface area contributed by atoms with Crippen LogP contribution in [0.2, 0.25) is 0 Å². The number of carboxylic acids is 1. The van der Waals surface area contributed by atoms with Gasteiger partial charge in [0.05, 0.1) is 6.10 Å². The van der Waals surface area contributed by atoms with Gasteiger partial charge < -0.3 is 15.3 Å². The fraction of sp³-hybridized carbons (Fsp3) is 0.833. The zero-order chi connectivity index (χ0) is 7.78. The van der Waals surface area contributed by atoms with E-state index in [0.717, 1.165) is 0 Å². The highest BCUT2D eigenvalue weighted by Crippen LogP contribution is 2.29. The molecule has 1 rings (SSSR count). The lowest BCUT2D eigenvalue weighted by Gasteiger charge is -2.14. The van der Waals surface area contributed by atoms with Crippen molar-refractivity contribution in [2.45, 2.75) is 31.0 Å². The van der Waals surface area contributed by atoms with Gasteiger partial charge in [0.25, 0.3) is 0 Å². The predicted molar refractivity (Wildman–Crippen MR) is 32.4 cm³/mol. The minimum absolute atomic E-state index is 0.0394. The average molecular weight is 146 g/mol. The number of carboxylic acid groups (broad SMARTS) is 1. The third kappa shape index (κ3) is 1.12. The molecule has 0 amide bonds. The zero-order valence-electron chi connectivity index (χ0n) is 5.45. The van der Waals surface area contributed by atoms with E-state index in [0.29, 0.717) is 6.42 Å². The van der Waals surface area contributed by atoms with E-state index in [9.17, 15) is 9.90 Å². The highest BCUT2D eigenvalue weighted by molar-refractivity contribution is 5.77. The average Bonchev–Trinajstić information content (AvgIpc) is 2.13. The molecule has 3 N–H and O–H groups in total. The van der Waals surface area contributed by atoms with Crippen LogP contribution in [0.15, 0.2) is 0 Å². The van der Waals surface area contributed by atoms with Gasteiger partial charge in [-0.25, -0.2) is 4.79 Å². The number of carbonyl (C=O) groups is 1. The summed E-state index contributed by atoms with van der Waals surface area (Å²) < 4.78 is 0. The number of rotatable bonds is 1. The van der Waals surface area contributed by atoms with Crippen LogP contribution in [0.5, 0.6) is 0 Å². The molecule has 0 saturated heterocycles. The van der Waals surface area contributed by atoms with Gasteiger partial charge in [0.15, 0.2) is 5.60 Å². The molecule has 0 spiro atoms. The molecule has 1 fully saturated rings. The van der Waals surface area contributed by atoms with Gasteiger partial charge in [-0.3, -0.25) is 0 Å². The van der Waals surface area contributed by atoms with E-state index in [2.05, 4.69) is 0 Å². The van der Waals surface area contributed by atoms with Crippen LogP contribution >= 0.6 is 0 Å². The maximum Gasteiger partial charge on any atom is 0.335 e. The second-order valence-corrected chi connectivity index (χ2v) is 2.73. The Hall–Kier alpha value is -0.610. The van der Waals surface area contributed by atoms with E-state index in [4.69, 9.17) is 10.2 Å². The number of aliphatic carboxylic acids is 1. The van der Waals surface area contributed by atoms with Gasteiger partial charge in [0.2, 0.25) is 0 Å². The molecule has 0 aromatic rings. The van der Waals surface area contributed by atoms with E-state index < -0.39 is 17.7 Å². The molecule has 1 aliphatic rings. The Morgan fingerprint density at radius 2 is 2.20 bits per heavy atom. The molecule has 2 atom stereocenters. The maximum atomic E-state index is 10.3. The molecule has 0 heterocycles. The standard InChI is InChI=1S/C6H10O4/c7-4-1-2-6(10,3-4)5(8)9/h4,7,10H,1-3H2,(H,8,9)/t4?,6-/m1/s1. The van der Waals surface area contributed by atoms with Crippen LogP contribution in [-0.4, -0.2) is 33.0 Å². The molecule has 1 unspecified atom stereocenters. The number of hydrogen-bond acceptors (Lipinski definition) is 3. The quantitative estimate of drug-likeness (QED) is 0.459. The molecule has 0 aromatic heterocycles. The first kappa shape index (κ1) is 7.50. The fourth-order valence-corrected chi connectivity index (χ4v) is 1.19. The molecule has 0 radical (unpaired) electrons. The normalized spacial score (nSPS) is 40.0. The molecule has 0 aromatic carbocycles. The summed E-state index contributed by atoms with van der Waals surface area (Å²) in [6.07, 6.45) is -0.157. The third-order valence-electron chi connectivity index (χ3n) is 1.86. The van der Waals surface area contributed by atoms with Gasteiger partial charge in [-0.2, -0.15) is 0 Å². The Labute approximate surface area is 58.1 Å². The molecule has 1 aliphatic carbocycles. The first-order valence-corrected chi connectivity index (χ1v) is 3.18. The van der Waals surface area contributed by atoms with Crippen LogP contribution in [0, 0.1) is 0 Å². The van der Waals surface area contributed by atoms with Crippen molar-refractivity contribution in [3.8, 4) is 0 Å². The molecule has 4 nitrogen and oxygen atoms in total. The molecule has 0 bridgehead atoms. The van der Waals surface area contributed by atoms with Crippen molar-refractivity contribution in [3.63, 3.8) is 0 Å². The lowest BCUT2D eigenvalue weighted by atomic mass is 10.0. The smallest absolute Gasteiger partial charge is 0.335 e. The highest BCUT2D eigenvalue weighted by Gasteiger charge is 2.43. The molecule has 0 aliphatic heterocycles. The van der Waals surface area contributed by atoms with Gasteiger partial charge in [-0.05, 0) is 12.8 Å². The second-order valence-electron chi connectivity index (χ2n) is 2.73. The number of aliphatic hydroxyl groups excluding tert-OH is 1. The Morgan fingerprint density at radius 3 is 2.40 bits per heavy atom. The van der Waals surface area contributed by atoms with Crippen molar-refractivity contribution in [3.05, 3.63) is 0 Å². The number of hydrogen-bond donors (Lipinski definition) is 3. The van der Waals surface area contributed by atoms with Crippen molar-refractivity contribution < 1.29 is 20.1 Å². The van der Waals surface area contributed by atoms with Crippen LogP contribution in [0.4, 0.5) is 0 Å². The van der Waals surface area contributed by atoms with Crippen LogP contribution in [-0.2, 0) is 4.79 Å². The Kier molecular flexibility index (Phi) is 1.66. The molecule has 58 valence electrons. The van der Waals surface area contributed by atoms with E-state index in [1.807, 2.05) is 0 Å². The van der Waals surface area contributed by atoms with E-state index >= 15 is 0 Å². The molecule has 1 saturated carbocycles. The van der Waals surface area contributed by atoms with Crippen molar-refractivity contribution in [2.24, 2.45) is 0 Å². The maximum absolute atomic E-state index is 10.3. The molecular weight excluding hydrogens is 136 g/mol. The zero-order valence-corrected chi connectivity index (χ0v) is 5.45. The summed E-state index contributed by atoms with van der Waals surface area (Å²) in [6.45, 7) is 0. The van der Waals surface area contributed by atoms with Crippen molar-refractivity contribution >= 4 is 5.97 Å². The highest BCUT2D eigenvalue weighted by atomic mass is 16.4. The summed E-state index contributed by atoms with van der Waals surface area (Å²) in [5, 5.41) is 26.5. The first-order valence-electron chi connectivity index (χ1n) is 3.18. The Morgan fingerprint density at radius 1 is 1.60 bits per heavy atom. The summed E-state index contributed by atoms with van der Waals surface area (Å²) >= 11 is 0. The molecular formula is C6H10O4. The summed E-state index contributed by atoms with van der Waals surface area (Å²) in [7, 11) is 0. The minimum Gasteiger partial charge on any atom is -0.479 e. The van der Waals surface area contributed by atoms with Crippen molar-refractivity contribution in [1.82, 2.24) is 0 Å². The predicted octanol–water partition coefficient (Wildman–Crippen LogP) is -0.653. The molecule has 4 heteroatoms.